The van der Waals surface area contributed by atoms with Crippen molar-refractivity contribution in [3.63, 3.8) is 0 Å². The van der Waals surface area contributed by atoms with E-state index in [1.54, 1.807) is 18.2 Å². The maximum atomic E-state index is 12.4. The van der Waals surface area contributed by atoms with E-state index in [1.165, 1.54) is 24.2 Å². The summed E-state index contributed by atoms with van der Waals surface area (Å²) >= 11 is 1.46. The number of anilines is 1. The van der Waals surface area contributed by atoms with E-state index >= 15 is 0 Å². The van der Waals surface area contributed by atoms with Gasteiger partial charge in [0.1, 0.15) is 11.0 Å². The number of amides is 1. The SMILES string of the molecule is CC1CCN(Cc2csc(NC(=O)c3ccc4n[nH]nc4c3)n2)CC1. The third-order valence-corrected chi connectivity index (χ3v) is 5.42. The Bertz CT molecular complexity index is 880. The number of thiazole rings is 1. The molecule has 25 heavy (non-hydrogen) atoms. The smallest absolute Gasteiger partial charge is 0.257 e. The van der Waals surface area contributed by atoms with Gasteiger partial charge in [-0.2, -0.15) is 15.4 Å². The van der Waals surface area contributed by atoms with Gasteiger partial charge in [0, 0.05) is 17.5 Å². The Morgan fingerprint density at radius 1 is 1.32 bits per heavy atom. The second-order valence-electron chi connectivity index (χ2n) is 6.58. The number of aromatic amines is 1. The minimum atomic E-state index is -0.183. The number of benzene rings is 1. The van der Waals surface area contributed by atoms with Crippen molar-refractivity contribution in [2.75, 3.05) is 18.4 Å². The highest BCUT2D eigenvalue weighted by atomic mass is 32.1. The Hall–Kier alpha value is -2.32. The summed E-state index contributed by atoms with van der Waals surface area (Å²) in [6.45, 7) is 5.41. The van der Waals surface area contributed by atoms with Crippen LogP contribution in [0.15, 0.2) is 23.6 Å². The summed E-state index contributed by atoms with van der Waals surface area (Å²) in [5.74, 6) is 0.640. The lowest BCUT2D eigenvalue weighted by Crippen LogP contribution is -2.32. The number of piperidine rings is 1. The number of carbonyl (C=O) groups excluding carboxylic acids is 1. The standard InChI is InChI=1S/C17H20N6OS/c1-11-4-6-23(7-5-11)9-13-10-25-17(18-13)19-16(24)12-2-3-14-15(8-12)21-22-20-14/h2-3,8,10-11H,4-7,9H2,1H3,(H,18,19,24)(H,20,21,22). The van der Waals surface area contributed by atoms with Gasteiger partial charge in [0.2, 0.25) is 0 Å². The average molecular weight is 356 g/mol. The Morgan fingerprint density at radius 2 is 2.12 bits per heavy atom. The molecule has 0 radical (unpaired) electrons. The van der Waals surface area contributed by atoms with Gasteiger partial charge >= 0.3 is 0 Å². The molecule has 2 N–H and O–H groups in total. The second-order valence-corrected chi connectivity index (χ2v) is 7.44. The number of aromatic nitrogens is 4. The van der Waals surface area contributed by atoms with Crippen LogP contribution in [-0.4, -0.2) is 44.3 Å². The Balaban J connectivity index is 1.39. The quantitative estimate of drug-likeness (QED) is 0.750. The molecule has 1 fully saturated rings. The van der Waals surface area contributed by atoms with E-state index in [9.17, 15) is 4.79 Å². The molecule has 1 saturated heterocycles. The number of nitrogens with one attached hydrogen (secondary N) is 2. The lowest BCUT2D eigenvalue weighted by molar-refractivity contribution is 0.102. The number of hydrogen-bond donors (Lipinski definition) is 2. The van der Waals surface area contributed by atoms with Crippen molar-refractivity contribution in [1.29, 1.82) is 0 Å². The topological polar surface area (TPSA) is 86.8 Å². The zero-order chi connectivity index (χ0) is 17.2. The predicted octanol–water partition coefficient (Wildman–Crippen LogP) is 2.90. The Morgan fingerprint density at radius 3 is 2.96 bits per heavy atom. The van der Waals surface area contributed by atoms with Gasteiger partial charge in [-0.05, 0) is 50.0 Å². The van der Waals surface area contributed by atoms with Crippen LogP contribution < -0.4 is 5.32 Å². The molecule has 4 rings (SSSR count). The van der Waals surface area contributed by atoms with Crippen LogP contribution in [0.3, 0.4) is 0 Å². The average Bonchev–Trinajstić information content (AvgIpc) is 3.25. The molecule has 0 atom stereocenters. The van der Waals surface area contributed by atoms with Crippen molar-refractivity contribution in [3.05, 3.63) is 34.8 Å². The van der Waals surface area contributed by atoms with E-state index in [4.69, 9.17) is 0 Å². The lowest BCUT2D eigenvalue weighted by Gasteiger charge is -2.29. The maximum Gasteiger partial charge on any atom is 0.257 e. The molecule has 0 saturated carbocycles. The number of hydrogen-bond acceptors (Lipinski definition) is 6. The molecule has 1 aliphatic heterocycles. The fraction of sp³-hybridized carbons (Fsp3) is 0.412. The van der Waals surface area contributed by atoms with Gasteiger partial charge in [-0.3, -0.25) is 15.0 Å². The highest BCUT2D eigenvalue weighted by molar-refractivity contribution is 7.13. The number of carbonyl (C=O) groups is 1. The van der Waals surface area contributed by atoms with Crippen LogP contribution in [-0.2, 0) is 6.54 Å². The van der Waals surface area contributed by atoms with Gasteiger partial charge in [0.25, 0.3) is 5.91 Å². The molecule has 0 aliphatic carbocycles. The molecule has 2 aromatic heterocycles. The number of H-pyrrole nitrogens is 1. The third kappa shape index (κ3) is 3.69. The van der Waals surface area contributed by atoms with Gasteiger partial charge < -0.3 is 0 Å². The molecule has 130 valence electrons. The lowest BCUT2D eigenvalue weighted by atomic mass is 9.99. The Labute approximate surface area is 149 Å². The maximum absolute atomic E-state index is 12.4. The predicted molar refractivity (Wildman–Crippen MR) is 97.6 cm³/mol. The monoisotopic (exact) mass is 356 g/mol. The first-order valence-corrected chi connectivity index (χ1v) is 9.34. The zero-order valence-electron chi connectivity index (χ0n) is 14.0. The van der Waals surface area contributed by atoms with Gasteiger partial charge in [-0.15, -0.1) is 11.3 Å². The van der Waals surface area contributed by atoms with Crippen molar-refractivity contribution in [2.45, 2.75) is 26.3 Å². The van der Waals surface area contributed by atoms with Crippen LogP contribution >= 0.6 is 11.3 Å². The molecule has 1 amide bonds. The molecule has 3 heterocycles. The van der Waals surface area contributed by atoms with E-state index in [2.05, 4.69) is 37.5 Å². The second kappa shape index (κ2) is 6.89. The van der Waals surface area contributed by atoms with Gasteiger partial charge in [0.05, 0.1) is 5.69 Å². The van der Waals surface area contributed by atoms with Crippen molar-refractivity contribution in [2.24, 2.45) is 5.92 Å². The number of fused-ring (bicyclic) bond motifs is 1. The van der Waals surface area contributed by atoms with E-state index in [-0.39, 0.29) is 5.91 Å². The molecule has 3 aromatic rings. The van der Waals surface area contributed by atoms with Crippen LogP contribution in [0.4, 0.5) is 5.13 Å². The molecule has 1 aromatic carbocycles. The first kappa shape index (κ1) is 16.2. The summed E-state index contributed by atoms with van der Waals surface area (Å²) in [6.07, 6.45) is 2.50. The Kier molecular flexibility index (Phi) is 4.46. The van der Waals surface area contributed by atoms with Crippen LogP contribution in [0.25, 0.3) is 11.0 Å². The van der Waals surface area contributed by atoms with Crippen LogP contribution in [0, 0.1) is 5.92 Å². The van der Waals surface area contributed by atoms with Crippen molar-refractivity contribution in [1.82, 2.24) is 25.3 Å². The third-order valence-electron chi connectivity index (χ3n) is 4.61. The number of likely N-dealkylation sites (tertiary alicyclic amines) is 1. The molecule has 0 bridgehead atoms. The molecular weight excluding hydrogens is 336 g/mol. The number of nitrogens with zero attached hydrogens (tertiary/aromatic N) is 4. The highest BCUT2D eigenvalue weighted by Crippen LogP contribution is 2.21. The molecule has 1 aliphatic rings. The van der Waals surface area contributed by atoms with Gasteiger partial charge in [-0.1, -0.05) is 6.92 Å². The summed E-state index contributed by atoms with van der Waals surface area (Å²) < 4.78 is 0. The van der Waals surface area contributed by atoms with Crippen LogP contribution in [0.2, 0.25) is 0 Å². The van der Waals surface area contributed by atoms with Gasteiger partial charge in [0.15, 0.2) is 5.13 Å². The van der Waals surface area contributed by atoms with Crippen molar-refractivity contribution >= 4 is 33.4 Å². The normalized spacial score (nSPS) is 16.4. The zero-order valence-corrected chi connectivity index (χ0v) is 14.8. The minimum absolute atomic E-state index is 0.183. The fourth-order valence-corrected chi connectivity index (χ4v) is 3.73. The molecule has 0 spiro atoms. The first-order valence-electron chi connectivity index (χ1n) is 8.46. The largest absolute Gasteiger partial charge is 0.298 e. The van der Waals surface area contributed by atoms with E-state index in [0.29, 0.717) is 16.2 Å². The summed E-state index contributed by atoms with van der Waals surface area (Å²) in [4.78, 5) is 19.4. The summed E-state index contributed by atoms with van der Waals surface area (Å²) in [5.41, 5.74) is 2.97. The van der Waals surface area contributed by atoms with E-state index < -0.39 is 0 Å². The highest BCUT2D eigenvalue weighted by Gasteiger charge is 2.17. The molecule has 0 unspecified atom stereocenters. The van der Waals surface area contributed by atoms with E-state index in [1.807, 2.05) is 5.38 Å². The fourth-order valence-electron chi connectivity index (χ4n) is 3.04. The van der Waals surface area contributed by atoms with Crippen molar-refractivity contribution in [3.8, 4) is 0 Å². The number of rotatable bonds is 4. The van der Waals surface area contributed by atoms with Gasteiger partial charge in [-0.25, -0.2) is 4.98 Å². The van der Waals surface area contributed by atoms with Crippen LogP contribution in [0.5, 0.6) is 0 Å². The minimum Gasteiger partial charge on any atom is -0.298 e. The molecule has 7 nitrogen and oxygen atoms in total. The molecule has 8 heteroatoms. The first-order chi connectivity index (χ1) is 12.2. The summed E-state index contributed by atoms with van der Waals surface area (Å²) in [6, 6.07) is 5.24. The van der Waals surface area contributed by atoms with Crippen LogP contribution in [0.1, 0.15) is 35.8 Å². The molecular formula is C17H20N6OS. The van der Waals surface area contributed by atoms with E-state index in [0.717, 1.165) is 36.8 Å². The summed E-state index contributed by atoms with van der Waals surface area (Å²) in [7, 11) is 0. The van der Waals surface area contributed by atoms with Crippen molar-refractivity contribution < 1.29 is 4.79 Å². The summed E-state index contributed by atoms with van der Waals surface area (Å²) in [5, 5.41) is 16.1.